The van der Waals surface area contributed by atoms with Crippen molar-refractivity contribution in [2.45, 2.75) is 64.9 Å². The van der Waals surface area contributed by atoms with E-state index >= 15 is 0 Å². The number of hydrogen-bond donors (Lipinski definition) is 2. The van der Waals surface area contributed by atoms with Gasteiger partial charge in [-0.05, 0) is 74.2 Å². The highest BCUT2D eigenvalue weighted by molar-refractivity contribution is 6.03. The van der Waals surface area contributed by atoms with Gasteiger partial charge in [0.1, 0.15) is 0 Å². The zero-order valence-corrected chi connectivity index (χ0v) is 14.7. The second kappa shape index (κ2) is 4.72. The summed E-state index contributed by atoms with van der Waals surface area (Å²) < 4.78 is 0. The van der Waals surface area contributed by atoms with Crippen LogP contribution in [0.15, 0.2) is 12.2 Å². The van der Waals surface area contributed by atoms with Crippen molar-refractivity contribution in [3.05, 3.63) is 12.2 Å². The molecule has 7 atom stereocenters. The number of carbonyl (C=O) groups is 2. The topological polar surface area (TPSA) is 74.6 Å². The lowest BCUT2D eigenvalue weighted by Crippen LogP contribution is -2.64. The predicted molar refractivity (Wildman–Crippen MR) is 89.2 cm³/mol. The van der Waals surface area contributed by atoms with Crippen molar-refractivity contribution in [3.63, 3.8) is 0 Å². The Hall–Kier alpha value is -1.16. The highest BCUT2D eigenvalue weighted by Gasteiger charge is 2.71. The van der Waals surface area contributed by atoms with E-state index in [2.05, 4.69) is 13.5 Å². The smallest absolute Gasteiger partial charge is 0.309 e. The summed E-state index contributed by atoms with van der Waals surface area (Å²) in [5.74, 6) is -0.444. The van der Waals surface area contributed by atoms with Crippen LogP contribution in [0.2, 0.25) is 0 Å². The highest BCUT2D eigenvalue weighted by atomic mass is 16.4. The minimum Gasteiger partial charge on any atom is -0.481 e. The summed E-state index contributed by atoms with van der Waals surface area (Å²) in [5.41, 5.74) is -0.974. The molecule has 2 bridgehead atoms. The maximum atomic E-state index is 13.1. The lowest BCUT2D eigenvalue weighted by Gasteiger charge is -2.63. The van der Waals surface area contributed by atoms with E-state index in [9.17, 15) is 19.8 Å². The van der Waals surface area contributed by atoms with E-state index in [4.69, 9.17) is 0 Å². The van der Waals surface area contributed by atoms with Crippen LogP contribution in [-0.2, 0) is 9.59 Å². The third-order valence-corrected chi connectivity index (χ3v) is 8.53. The van der Waals surface area contributed by atoms with Crippen molar-refractivity contribution in [3.8, 4) is 0 Å². The number of rotatable bonds is 1. The van der Waals surface area contributed by atoms with E-state index in [1.54, 1.807) is 0 Å². The van der Waals surface area contributed by atoms with Gasteiger partial charge in [-0.2, -0.15) is 0 Å². The van der Waals surface area contributed by atoms with Crippen LogP contribution in [0.5, 0.6) is 0 Å². The SMILES string of the molecule is C=C1C(=O)[C@]23C[C@H]1CC[C@H]2[C@]1(C)CCC[C@@](C)(C(=O)O)[C@H]1C[C@@H]3O. The summed E-state index contributed by atoms with van der Waals surface area (Å²) in [6.45, 7) is 8.08. The van der Waals surface area contributed by atoms with E-state index in [0.29, 0.717) is 18.4 Å². The zero-order chi connectivity index (χ0) is 17.5. The van der Waals surface area contributed by atoms with Gasteiger partial charge in [0.15, 0.2) is 5.78 Å². The summed E-state index contributed by atoms with van der Waals surface area (Å²) in [6, 6.07) is 0. The third kappa shape index (κ3) is 1.63. The number of carboxylic acid groups (broad SMARTS) is 1. The molecule has 0 aliphatic heterocycles. The Bertz CT molecular complexity index is 640. The maximum Gasteiger partial charge on any atom is 0.309 e. The summed E-state index contributed by atoms with van der Waals surface area (Å²) in [6.07, 6.45) is 4.81. The van der Waals surface area contributed by atoms with Crippen LogP contribution in [0.3, 0.4) is 0 Å². The predicted octanol–water partition coefficient (Wildman–Crippen LogP) is 3.19. The average molecular weight is 332 g/mol. The van der Waals surface area contributed by atoms with Gasteiger partial charge in [0.25, 0.3) is 0 Å². The number of carbonyl (C=O) groups excluding carboxylic acids is 1. The van der Waals surface area contributed by atoms with E-state index in [0.717, 1.165) is 32.1 Å². The lowest BCUT2D eigenvalue weighted by atomic mass is 9.40. The fourth-order valence-corrected chi connectivity index (χ4v) is 7.30. The van der Waals surface area contributed by atoms with Gasteiger partial charge in [0, 0.05) is 0 Å². The molecule has 1 spiro atoms. The Morgan fingerprint density at radius 3 is 2.58 bits per heavy atom. The third-order valence-electron chi connectivity index (χ3n) is 8.53. The molecule has 4 fully saturated rings. The van der Waals surface area contributed by atoms with Gasteiger partial charge in [-0.3, -0.25) is 9.59 Å². The molecule has 0 amide bonds. The molecule has 0 heterocycles. The molecule has 0 unspecified atom stereocenters. The van der Waals surface area contributed by atoms with Crippen LogP contribution in [0.4, 0.5) is 0 Å². The molecule has 0 radical (unpaired) electrons. The van der Waals surface area contributed by atoms with Crippen molar-refractivity contribution in [2.24, 2.45) is 34.0 Å². The van der Waals surface area contributed by atoms with E-state index in [-0.39, 0.29) is 29.0 Å². The molecular weight excluding hydrogens is 304 g/mol. The van der Waals surface area contributed by atoms with Gasteiger partial charge in [-0.25, -0.2) is 0 Å². The molecule has 132 valence electrons. The second-order valence-corrected chi connectivity index (χ2v) is 9.31. The van der Waals surface area contributed by atoms with Crippen molar-refractivity contribution >= 4 is 11.8 Å². The quantitative estimate of drug-likeness (QED) is 0.723. The molecule has 0 saturated heterocycles. The Balaban J connectivity index is 1.84. The molecule has 4 rings (SSSR count). The first-order chi connectivity index (χ1) is 11.2. The molecule has 0 aromatic heterocycles. The van der Waals surface area contributed by atoms with Crippen molar-refractivity contribution in [1.82, 2.24) is 0 Å². The number of hydrogen-bond acceptors (Lipinski definition) is 3. The number of fused-ring (bicyclic) bond motifs is 3. The summed E-state index contributed by atoms with van der Waals surface area (Å²) >= 11 is 0. The fraction of sp³-hybridized carbons (Fsp3) is 0.800. The number of Topliss-reactive ketones (excluding diaryl/α,β-unsaturated/α-hetero) is 1. The van der Waals surface area contributed by atoms with Crippen LogP contribution < -0.4 is 0 Å². The molecule has 4 saturated carbocycles. The van der Waals surface area contributed by atoms with Crippen LogP contribution >= 0.6 is 0 Å². The van der Waals surface area contributed by atoms with Crippen LogP contribution in [0, 0.1) is 34.0 Å². The first-order valence-electron chi connectivity index (χ1n) is 9.33. The highest BCUT2D eigenvalue weighted by Crippen LogP contribution is 2.71. The molecule has 4 aliphatic rings. The number of aliphatic hydroxyl groups excluding tert-OH is 1. The first-order valence-corrected chi connectivity index (χ1v) is 9.33. The molecule has 24 heavy (non-hydrogen) atoms. The Kier molecular flexibility index (Phi) is 3.21. The van der Waals surface area contributed by atoms with E-state index < -0.39 is 22.9 Å². The largest absolute Gasteiger partial charge is 0.481 e. The number of carboxylic acids is 1. The van der Waals surface area contributed by atoms with Crippen molar-refractivity contribution in [1.29, 1.82) is 0 Å². The first kappa shape index (κ1) is 16.3. The molecule has 4 aliphatic carbocycles. The summed E-state index contributed by atoms with van der Waals surface area (Å²) in [7, 11) is 0. The van der Waals surface area contributed by atoms with E-state index in [1.807, 2.05) is 6.92 Å². The van der Waals surface area contributed by atoms with Gasteiger partial charge >= 0.3 is 5.97 Å². The van der Waals surface area contributed by atoms with Gasteiger partial charge < -0.3 is 10.2 Å². The minimum atomic E-state index is -0.800. The number of aliphatic carboxylic acids is 1. The number of ketones is 1. The van der Waals surface area contributed by atoms with Crippen LogP contribution in [-0.4, -0.2) is 28.1 Å². The fourth-order valence-electron chi connectivity index (χ4n) is 7.30. The number of aliphatic hydroxyl groups is 1. The van der Waals surface area contributed by atoms with Crippen LogP contribution in [0.25, 0.3) is 0 Å². The van der Waals surface area contributed by atoms with Crippen molar-refractivity contribution in [2.75, 3.05) is 0 Å². The molecule has 0 aromatic rings. The maximum absolute atomic E-state index is 13.1. The summed E-state index contributed by atoms with van der Waals surface area (Å²) in [4.78, 5) is 25.1. The zero-order valence-electron chi connectivity index (χ0n) is 14.7. The summed E-state index contributed by atoms with van der Waals surface area (Å²) in [5, 5.41) is 21.0. The van der Waals surface area contributed by atoms with Gasteiger partial charge in [-0.1, -0.05) is 19.9 Å². The standard InChI is InChI=1S/C20H28O4/c1-11-12-5-6-13-18(2)7-4-8-19(3,17(23)24)14(18)9-15(21)20(13,10-12)16(11)22/h12-15,21H,1,4-10H2,2-3H3,(H,23,24)/t12-,13+,14+,15+,18+,19-,20-/m1/s1. The van der Waals surface area contributed by atoms with Gasteiger partial charge in [0.2, 0.25) is 0 Å². The molecule has 4 heteroatoms. The van der Waals surface area contributed by atoms with Crippen molar-refractivity contribution < 1.29 is 19.8 Å². The monoisotopic (exact) mass is 332 g/mol. The average Bonchev–Trinajstić information content (AvgIpc) is 2.72. The molecular formula is C20H28O4. The molecule has 2 N–H and O–H groups in total. The second-order valence-electron chi connectivity index (χ2n) is 9.31. The lowest BCUT2D eigenvalue weighted by molar-refractivity contribution is -0.206. The van der Waals surface area contributed by atoms with Crippen LogP contribution in [0.1, 0.15) is 58.8 Å². The Labute approximate surface area is 143 Å². The van der Waals surface area contributed by atoms with Gasteiger partial charge in [0.05, 0.1) is 16.9 Å². The minimum absolute atomic E-state index is 0.0694. The molecule has 0 aromatic carbocycles. The molecule has 4 nitrogen and oxygen atoms in total. The normalized spacial score (nSPS) is 53.5. The van der Waals surface area contributed by atoms with Gasteiger partial charge in [-0.15, -0.1) is 0 Å². The van der Waals surface area contributed by atoms with E-state index in [1.165, 1.54) is 0 Å². The Morgan fingerprint density at radius 1 is 1.21 bits per heavy atom. The number of allylic oxidation sites excluding steroid dienone is 1. The Morgan fingerprint density at radius 2 is 1.92 bits per heavy atom.